The van der Waals surface area contributed by atoms with Gasteiger partial charge in [-0.2, -0.15) is 0 Å². The van der Waals surface area contributed by atoms with Crippen molar-refractivity contribution >= 4 is 5.78 Å². The van der Waals surface area contributed by atoms with E-state index in [0.717, 1.165) is 0 Å². The van der Waals surface area contributed by atoms with E-state index in [0.29, 0.717) is 12.1 Å². The fourth-order valence-corrected chi connectivity index (χ4v) is 1.09. The summed E-state index contributed by atoms with van der Waals surface area (Å²) in [5.41, 5.74) is 4.59. The molecule has 0 saturated heterocycles. The van der Waals surface area contributed by atoms with Crippen LogP contribution in [0.1, 0.15) is 16.8 Å². The molecule has 0 aliphatic rings. The molecule has 0 heterocycles. The van der Waals surface area contributed by atoms with Crippen LogP contribution >= 0.6 is 0 Å². The maximum absolute atomic E-state index is 13.0. The van der Waals surface area contributed by atoms with E-state index in [9.17, 15) is 13.6 Å². The Morgan fingerprint density at radius 3 is 2.57 bits per heavy atom. The molecular weight excluding hydrogens is 192 g/mol. The molecule has 14 heavy (non-hydrogen) atoms. The highest BCUT2D eigenvalue weighted by Gasteiger charge is 2.17. The van der Waals surface area contributed by atoms with Crippen LogP contribution in [-0.2, 0) is 0 Å². The van der Waals surface area contributed by atoms with Gasteiger partial charge in [-0.05, 0) is 6.54 Å². The van der Waals surface area contributed by atoms with Gasteiger partial charge in [-0.15, -0.1) is 0 Å². The summed E-state index contributed by atoms with van der Waals surface area (Å²) in [7, 11) is 0. The number of carbonyl (C=O) groups is 1. The highest BCUT2D eigenvalue weighted by atomic mass is 19.1. The van der Waals surface area contributed by atoms with Gasteiger partial charge in [0, 0.05) is 18.6 Å². The molecule has 0 atom stereocenters. The number of ketones is 1. The topological polar surface area (TPSA) is 63.3 Å². The van der Waals surface area contributed by atoms with Gasteiger partial charge in [0.05, 0.1) is 5.56 Å². The van der Waals surface area contributed by atoms with Crippen LogP contribution in [0, 0.1) is 11.6 Å². The van der Waals surface area contributed by atoms with E-state index in [2.05, 4.69) is 0 Å². The number of hydrogen-bond acceptors (Lipinski definition) is 3. The van der Waals surface area contributed by atoms with Gasteiger partial charge in [0.2, 0.25) is 0 Å². The predicted molar refractivity (Wildman–Crippen MR) is 46.0 cm³/mol. The Balaban J connectivity index is 3.14. The van der Waals surface area contributed by atoms with Gasteiger partial charge in [-0.1, -0.05) is 0 Å². The molecule has 5 heteroatoms. The highest BCUT2D eigenvalue weighted by Crippen LogP contribution is 2.23. The molecule has 1 aromatic rings. The van der Waals surface area contributed by atoms with Crippen LogP contribution in [0.25, 0.3) is 0 Å². The predicted octanol–water partition coefficient (Wildman–Crippen LogP) is 1.20. The van der Waals surface area contributed by atoms with Crippen LogP contribution in [0.3, 0.4) is 0 Å². The van der Waals surface area contributed by atoms with Crippen molar-refractivity contribution < 1.29 is 18.7 Å². The Bertz CT molecular complexity index is 343. The molecule has 0 unspecified atom stereocenters. The van der Waals surface area contributed by atoms with Crippen LogP contribution in [0.2, 0.25) is 0 Å². The summed E-state index contributed by atoms with van der Waals surface area (Å²) in [6.45, 7) is 0.0507. The minimum atomic E-state index is -1.07. The average Bonchev–Trinajstić information content (AvgIpc) is 2.01. The average molecular weight is 201 g/mol. The zero-order chi connectivity index (χ0) is 10.7. The molecule has 0 bridgehead atoms. The summed E-state index contributed by atoms with van der Waals surface area (Å²) < 4.78 is 25.5. The van der Waals surface area contributed by atoms with E-state index in [1.54, 1.807) is 0 Å². The van der Waals surface area contributed by atoms with Crippen LogP contribution in [0.5, 0.6) is 5.75 Å². The normalized spacial score (nSPS) is 10.2. The van der Waals surface area contributed by atoms with Crippen molar-refractivity contribution in [1.82, 2.24) is 0 Å². The van der Waals surface area contributed by atoms with Gasteiger partial charge in [-0.25, -0.2) is 8.78 Å². The summed E-state index contributed by atoms with van der Waals surface area (Å²) in [5, 5.41) is 9.13. The van der Waals surface area contributed by atoms with Crippen molar-refractivity contribution in [2.45, 2.75) is 6.42 Å². The second-order valence-corrected chi connectivity index (χ2v) is 2.74. The van der Waals surface area contributed by atoms with Gasteiger partial charge >= 0.3 is 0 Å². The number of aromatic hydroxyl groups is 1. The Labute approximate surface area is 79.2 Å². The quantitative estimate of drug-likeness (QED) is 0.722. The van der Waals surface area contributed by atoms with Crippen molar-refractivity contribution in [3.63, 3.8) is 0 Å². The van der Waals surface area contributed by atoms with E-state index in [1.165, 1.54) is 0 Å². The Morgan fingerprint density at radius 1 is 1.43 bits per heavy atom. The fourth-order valence-electron chi connectivity index (χ4n) is 1.09. The molecule has 0 aliphatic heterocycles. The van der Waals surface area contributed by atoms with Gasteiger partial charge in [0.1, 0.15) is 17.4 Å². The molecule has 1 rings (SSSR count). The lowest BCUT2D eigenvalue weighted by molar-refractivity contribution is 0.0978. The molecule has 0 radical (unpaired) electrons. The zero-order valence-electron chi connectivity index (χ0n) is 7.26. The van der Waals surface area contributed by atoms with Crippen molar-refractivity contribution in [3.05, 3.63) is 29.3 Å². The van der Waals surface area contributed by atoms with Gasteiger partial charge in [0.25, 0.3) is 0 Å². The number of rotatable bonds is 3. The first kappa shape index (κ1) is 10.6. The lowest BCUT2D eigenvalue weighted by Gasteiger charge is -2.04. The van der Waals surface area contributed by atoms with E-state index >= 15 is 0 Å². The standard InChI is InChI=1S/C9H9F2NO2/c10-5-3-6(11)9(8(14)4-5)7(13)1-2-12/h3-4,14H,1-2,12H2. The lowest BCUT2D eigenvalue weighted by Crippen LogP contribution is -2.10. The van der Waals surface area contributed by atoms with E-state index in [-0.39, 0.29) is 13.0 Å². The number of nitrogens with two attached hydrogens (primary N) is 1. The van der Waals surface area contributed by atoms with Crippen LogP contribution in [-0.4, -0.2) is 17.4 Å². The third kappa shape index (κ3) is 2.05. The van der Waals surface area contributed by atoms with Crippen LogP contribution in [0.4, 0.5) is 8.78 Å². The number of phenolic OH excluding ortho intramolecular Hbond substituents is 1. The minimum Gasteiger partial charge on any atom is -0.507 e. The zero-order valence-corrected chi connectivity index (χ0v) is 7.26. The summed E-state index contributed by atoms with van der Waals surface area (Å²) in [5.74, 6) is -3.33. The van der Waals surface area contributed by atoms with Crippen molar-refractivity contribution in [2.24, 2.45) is 5.73 Å². The van der Waals surface area contributed by atoms with Gasteiger partial charge < -0.3 is 10.8 Å². The summed E-state index contributed by atoms with van der Waals surface area (Å²) >= 11 is 0. The second-order valence-electron chi connectivity index (χ2n) is 2.74. The second kappa shape index (κ2) is 4.15. The molecule has 76 valence electrons. The Morgan fingerprint density at radius 2 is 2.07 bits per heavy atom. The molecule has 0 fully saturated rings. The summed E-state index contributed by atoms with van der Waals surface area (Å²) in [4.78, 5) is 11.2. The number of carbonyl (C=O) groups excluding carboxylic acids is 1. The van der Waals surface area contributed by atoms with Crippen molar-refractivity contribution in [3.8, 4) is 5.75 Å². The smallest absolute Gasteiger partial charge is 0.170 e. The number of Topliss-reactive ketones (excluding diaryl/α,β-unsaturated/α-hetero) is 1. The summed E-state index contributed by atoms with van der Waals surface area (Å²) in [6, 6.07) is 1.23. The van der Waals surface area contributed by atoms with Crippen molar-refractivity contribution in [2.75, 3.05) is 6.54 Å². The minimum absolute atomic E-state index is 0.0507. The first-order valence-corrected chi connectivity index (χ1v) is 3.97. The molecule has 0 aromatic heterocycles. The number of phenols is 1. The van der Waals surface area contributed by atoms with Crippen molar-refractivity contribution in [1.29, 1.82) is 0 Å². The maximum Gasteiger partial charge on any atom is 0.170 e. The Hall–Kier alpha value is -1.49. The molecule has 3 N–H and O–H groups in total. The van der Waals surface area contributed by atoms with Crippen LogP contribution < -0.4 is 5.73 Å². The molecular formula is C9H9F2NO2. The third-order valence-corrected chi connectivity index (χ3v) is 1.68. The van der Waals surface area contributed by atoms with E-state index in [4.69, 9.17) is 10.8 Å². The number of hydrogen-bond donors (Lipinski definition) is 2. The number of halogens is 2. The monoisotopic (exact) mass is 201 g/mol. The molecule has 0 amide bonds. The summed E-state index contributed by atoms with van der Waals surface area (Å²) in [6.07, 6.45) is -0.0872. The lowest BCUT2D eigenvalue weighted by atomic mass is 10.1. The first-order chi connectivity index (χ1) is 6.56. The fraction of sp³-hybridized carbons (Fsp3) is 0.222. The van der Waals surface area contributed by atoms with Gasteiger partial charge in [-0.3, -0.25) is 4.79 Å². The highest BCUT2D eigenvalue weighted by molar-refractivity contribution is 5.98. The molecule has 0 spiro atoms. The van der Waals surface area contributed by atoms with Gasteiger partial charge in [0.15, 0.2) is 5.78 Å². The maximum atomic E-state index is 13.0. The first-order valence-electron chi connectivity index (χ1n) is 3.97. The van der Waals surface area contributed by atoms with Crippen LogP contribution in [0.15, 0.2) is 12.1 Å². The molecule has 0 aliphatic carbocycles. The SMILES string of the molecule is NCCC(=O)c1c(O)cc(F)cc1F. The molecule has 1 aromatic carbocycles. The largest absolute Gasteiger partial charge is 0.507 e. The third-order valence-electron chi connectivity index (χ3n) is 1.68. The Kier molecular flexibility index (Phi) is 3.14. The van der Waals surface area contributed by atoms with E-state index in [1.807, 2.05) is 0 Å². The number of benzene rings is 1. The molecule has 3 nitrogen and oxygen atoms in total. The van der Waals surface area contributed by atoms with E-state index < -0.39 is 28.7 Å². The molecule has 0 saturated carbocycles.